The van der Waals surface area contributed by atoms with Crippen molar-refractivity contribution in [2.45, 2.75) is 60.6 Å². The van der Waals surface area contributed by atoms with Crippen molar-refractivity contribution in [1.82, 2.24) is 4.90 Å². The van der Waals surface area contributed by atoms with Crippen LogP contribution in [0, 0.1) is 11.3 Å². The molecule has 224 valence electrons. The van der Waals surface area contributed by atoms with Crippen LogP contribution in [0.3, 0.4) is 0 Å². The molecule has 41 heavy (non-hydrogen) atoms. The molecule has 10 heteroatoms. The van der Waals surface area contributed by atoms with Gasteiger partial charge < -0.3 is 14.2 Å². The van der Waals surface area contributed by atoms with Crippen LogP contribution in [-0.4, -0.2) is 73.6 Å². The van der Waals surface area contributed by atoms with E-state index in [-0.39, 0.29) is 23.8 Å². The van der Waals surface area contributed by atoms with Crippen molar-refractivity contribution in [2.75, 3.05) is 36.8 Å². The molecule has 2 unspecified atom stereocenters. The number of esters is 1. The van der Waals surface area contributed by atoms with Crippen LogP contribution in [0.25, 0.3) is 0 Å². The monoisotopic (exact) mass is 586 g/mol. The average Bonchev–Trinajstić information content (AvgIpc) is 2.90. The molecule has 2 atom stereocenters. The average molecular weight is 587 g/mol. The first-order valence-corrected chi connectivity index (χ1v) is 15.8. The number of ether oxygens (including phenoxy) is 1. The lowest BCUT2D eigenvalue weighted by atomic mass is 9.88. The van der Waals surface area contributed by atoms with Crippen molar-refractivity contribution in [3.8, 4) is 5.75 Å². The predicted octanol–water partition coefficient (Wildman–Crippen LogP) is 4.43. The number of benzene rings is 1. The van der Waals surface area contributed by atoms with Gasteiger partial charge in [-0.25, -0.2) is 17.7 Å². The fraction of sp³-hybridized carbons (Fsp3) is 0.516. The largest absolute Gasteiger partial charge is 0.748 e. The van der Waals surface area contributed by atoms with Crippen molar-refractivity contribution in [2.24, 2.45) is 11.3 Å². The minimum atomic E-state index is -4.27. The maximum Gasteiger partial charge on any atom is 0.334 e. The summed E-state index contributed by atoms with van der Waals surface area (Å²) in [6.07, 6.45) is 9.38. The van der Waals surface area contributed by atoms with Gasteiger partial charge in [-0.1, -0.05) is 31.2 Å². The van der Waals surface area contributed by atoms with Gasteiger partial charge in [0.2, 0.25) is 0 Å². The van der Waals surface area contributed by atoms with Gasteiger partial charge in [-0.3, -0.25) is 9.59 Å². The molecule has 0 aromatic heterocycles. The lowest BCUT2D eigenvalue weighted by Gasteiger charge is -2.25. The molecule has 0 amide bonds. The Morgan fingerprint density at radius 1 is 1.10 bits per heavy atom. The molecule has 2 aliphatic heterocycles. The second-order valence-corrected chi connectivity index (χ2v) is 12.7. The smallest absolute Gasteiger partial charge is 0.334 e. The Hall–Kier alpha value is -3.08. The number of fused-ring (bicyclic) bond motifs is 1. The maximum atomic E-state index is 13.1. The number of carbonyl (C=O) groups is 2. The van der Waals surface area contributed by atoms with Crippen LogP contribution < -0.4 is 9.64 Å². The standard InChI is InChI=1S/C31H42N2O7S/c1-7-32(8-2)23-15-16-24-26(21-23)39-30(35)25(29(24)34)14-11-10-13-22-19-27(31(4,5)6)40-28(20-22)33(9-3)17-12-18-41(36,37)38/h10-11,13-16,19,21,25,28H,7-9,12,17-18,20H2,1-6H3/b13-10+,14-11+. The van der Waals surface area contributed by atoms with Gasteiger partial charge in [0.15, 0.2) is 5.78 Å². The summed E-state index contributed by atoms with van der Waals surface area (Å²) in [4.78, 5) is 30.0. The first-order valence-electron chi connectivity index (χ1n) is 14.2. The Kier molecular flexibility index (Phi) is 10.9. The zero-order valence-corrected chi connectivity index (χ0v) is 25.7. The second kappa shape index (κ2) is 13.7. The van der Waals surface area contributed by atoms with E-state index in [1.54, 1.807) is 30.4 Å². The molecule has 0 radical (unpaired) electrons. The third kappa shape index (κ3) is 8.70. The maximum absolute atomic E-state index is 13.1. The molecular weight excluding hydrogens is 544 g/mol. The van der Waals surface area contributed by atoms with Crippen LogP contribution >= 0.6 is 0 Å². The van der Waals surface area contributed by atoms with Gasteiger partial charge in [0.05, 0.1) is 27.5 Å². The summed E-state index contributed by atoms with van der Waals surface area (Å²) in [6.45, 7) is 14.8. The van der Waals surface area contributed by atoms with Gasteiger partial charge in [0.1, 0.15) is 11.7 Å². The quantitative estimate of drug-likeness (QED) is 0.0882. The van der Waals surface area contributed by atoms with Crippen molar-refractivity contribution in [1.29, 1.82) is 0 Å². The van der Waals surface area contributed by atoms with Crippen LogP contribution in [0.15, 0.2) is 54.2 Å². The second-order valence-electron chi connectivity index (χ2n) is 11.2. The molecule has 1 aromatic carbocycles. The fourth-order valence-corrected chi connectivity index (χ4v) is 5.35. The van der Waals surface area contributed by atoms with E-state index in [1.807, 2.05) is 64.7 Å². The summed E-state index contributed by atoms with van der Waals surface area (Å²) < 4.78 is 45.0. The van der Waals surface area contributed by atoms with Gasteiger partial charge in [0, 0.05) is 49.8 Å². The summed E-state index contributed by atoms with van der Waals surface area (Å²) in [5.41, 5.74) is 2.01. The first-order chi connectivity index (χ1) is 19.3. The van der Waals surface area contributed by atoms with Gasteiger partial charge in [0.25, 0.3) is 0 Å². The molecule has 0 N–H and O–H groups in total. The molecular formula is C31H42N2O7S. The van der Waals surface area contributed by atoms with Crippen LogP contribution in [0.2, 0.25) is 0 Å². The minimum absolute atomic E-state index is 0.230. The molecule has 1 aromatic rings. The normalized spacial score (nSPS) is 19.9. The van der Waals surface area contributed by atoms with Crippen molar-refractivity contribution >= 4 is 33.3 Å². The Balaban J connectivity index is 1.74. The number of hydrogen-bond donors (Lipinski definition) is 0. The lowest BCUT2D eigenvalue weighted by molar-refractivity contribution is -0.537. The molecule has 9 nitrogen and oxygen atoms in total. The molecule has 2 heterocycles. The third-order valence-corrected chi connectivity index (χ3v) is 8.00. The Labute approximate surface area is 244 Å². The van der Waals surface area contributed by atoms with E-state index in [4.69, 9.17) is 9.16 Å². The number of ketones is 2. The zero-order chi connectivity index (χ0) is 30.4. The highest BCUT2D eigenvalue weighted by Crippen LogP contribution is 2.33. The Bertz CT molecular complexity index is 1350. The first kappa shape index (κ1) is 32.4. The van der Waals surface area contributed by atoms with Crippen LogP contribution in [0.4, 0.5) is 5.69 Å². The third-order valence-electron chi connectivity index (χ3n) is 7.21. The number of nitrogens with zero attached hydrogens (tertiary/aromatic N) is 2. The molecule has 3 rings (SSSR count). The Morgan fingerprint density at radius 3 is 2.41 bits per heavy atom. The predicted molar refractivity (Wildman–Crippen MR) is 159 cm³/mol. The highest BCUT2D eigenvalue weighted by atomic mass is 32.2. The van der Waals surface area contributed by atoms with Crippen LogP contribution in [0.1, 0.15) is 64.7 Å². The number of allylic oxidation sites excluding steroid dienone is 4. The Morgan fingerprint density at radius 2 is 1.80 bits per heavy atom. The molecule has 0 fully saturated rings. The van der Waals surface area contributed by atoms with Gasteiger partial charge >= 0.3 is 18.0 Å². The summed E-state index contributed by atoms with van der Waals surface area (Å²) >= 11 is 0. The lowest BCUT2D eigenvalue weighted by Crippen LogP contribution is -2.41. The molecule has 0 bridgehead atoms. The van der Waals surface area contributed by atoms with Crippen molar-refractivity contribution in [3.63, 3.8) is 0 Å². The van der Waals surface area contributed by atoms with Crippen molar-refractivity contribution in [3.05, 3.63) is 59.7 Å². The van der Waals surface area contributed by atoms with Crippen molar-refractivity contribution < 1.29 is 31.7 Å². The topological polar surface area (TPSA) is 118 Å². The van der Waals surface area contributed by atoms with E-state index in [9.17, 15) is 22.6 Å². The summed E-state index contributed by atoms with van der Waals surface area (Å²) in [5.74, 6) is -1.24. The summed E-state index contributed by atoms with van der Waals surface area (Å²) in [6, 6.07) is 5.34. The number of hydrogen-bond acceptors (Lipinski definition) is 8. The van der Waals surface area contributed by atoms with Crippen LogP contribution in [0.5, 0.6) is 5.75 Å². The fourth-order valence-electron chi connectivity index (χ4n) is 4.87. The zero-order valence-electron chi connectivity index (χ0n) is 24.9. The van der Waals surface area contributed by atoms with Gasteiger partial charge in [-0.15, -0.1) is 0 Å². The summed E-state index contributed by atoms with van der Waals surface area (Å²) in [7, 11) is -4.27. The highest BCUT2D eigenvalue weighted by molar-refractivity contribution is 7.85. The van der Waals surface area contributed by atoms with Gasteiger partial charge in [-0.05, 0) is 58.7 Å². The minimum Gasteiger partial charge on any atom is -0.748 e. The van der Waals surface area contributed by atoms with E-state index >= 15 is 0 Å². The molecule has 0 saturated carbocycles. The number of Topliss-reactive ketones (excluding diaryl/α,β-unsaturated/α-hetero) is 1. The highest BCUT2D eigenvalue weighted by Gasteiger charge is 2.38. The van der Waals surface area contributed by atoms with E-state index in [0.29, 0.717) is 30.8 Å². The van der Waals surface area contributed by atoms with Crippen LogP contribution in [-0.2, 0) is 19.3 Å². The van der Waals surface area contributed by atoms with E-state index < -0.39 is 27.8 Å². The molecule has 2 aliphatic rings. The van der Waals surface area contributed by atoms with E-state index in [2.05, 4.69) is 4.90 Å². The number of carbonyl (C=O) groups excluding carboxylic acids is 3. The summed E-state index contributed by atoms with van der Waals surface area (Å²) in [5, 5.41) is 0. The number of anilines is 1. The number of rotatable bonds is 12. The van der Waals surface area contributed by atoms with E-state index in [0.717, 1.165) is 30.1 Å². The SMILES string of the molecule is CCN(CC)c1ccc2c(c1)OC(=O)C(/C=C/C=C/C1=CC(C(C)(C)C)=[O+]C(N(CC)CCCS(=O)(=O)[O-])C1)C2=O. The van der Waals surface area contributed by atoms with Gasteiger partial charge in [-0.2, -0.15) is 0 Å². The molecule has 0 spiro atoms. The molecule has 0 aliphatic carbocycles. The van der Waals surface area contributed by atoms with E-state index in [1.165, 1.54) is 0 Å². The molecule has 0 saturated heterocycles.